The van der Waals surface area contributed by atoms with Crippen molar-refractivity contribution in [3.8, 4) is 0 Å². The molecule has 0 aliphatic rings. The predicted octanol–water partition coefficient (Wildman–Crippen LogP) is 1.28. The molecule has 0 aromatic rings. The number of rotatable bonds is 16. The molecule has 0 rings (SSSR count). The summed E-state index contributed by atoms with van der Waals surface area (Å²) in [7, 11) is -5.65. The van der Waals surface area contributed by atoms with Crippen LogP contribution >= 0.6 is 22.2 Å². The van der Waals surface area contributed by atoms with E-state index in [2.05, 4.69) is 13.8 Å². The Morgan fingerprint density at radius 3 is 1.66 bits per heavy atom. The second-order valence-electron chi connectivity index (χ2n) is 7.43. The summed E-state index contributed by atoms with van der Waals surface area (Å²) in [5, 5.41) is -2.06. The molecule has 0 spiro atoms. The second-order valence-corrected chi connectivity index (χ2v) is 11.6. The molecule has 0 aromatic carbocycles. The van der Waals surface area contributed by atoms with Gasteiger partial charge in [0.1, 0.15) is 10.1 Å². The van der Waals surface area contributed by atoms with Crippen LogP contribution in [-0.2, 0) is 29.2 Å². The Labute approximate surface area is 228 Å². The van der Waals surface area contributed by atoms with Gasteiger partial charge in [0, 0.05) is 0 Å². The van der Waals surface area contributed by atoms with Crippen LogP contribution in [0, 0.1) is 11.8 Å². The normalized spacial score (nSPS) is 13.6. The average Bonchev–Trinajstić information content (AvgIpc) is 2.71. The van der Waals surface area contributed by atoms with Crippen LogP contribution in [0.2, 0.25) is 0 Å². The van der Waals surface area contributed by atoms with Crippen LogP contribution < -0.4 is 29.6 Å². The second kappa shape index (κ2) is 23.4. The summed E-state index contributed by atoms with van der Waals surface area (Å²) in [5.74, 6) is -1.74. The Morgan fingerprint density at radius 2 is 1.31 bits per heavy atom. The predicted molar refractivity (Wildman–Crippen MR) is 127 cm³/mol. The van der Waals surface area contributed by atoms with E-state index in [4.69, 9.17) is 31.6 Å². The van der Waals surface area contributed by atoms with Crippen molar-refractivity contribution < 1.29 is 61.6 Å². The van der Waals surface area contributed by atoms with Gasteiger partial charge in [-0.3, -0.25) is 9.59 Å². The molecule has 3 unspecified atom stereocenters. The van der Waals surface area contributed by atoms with Gasteiger partial charge in [-0.25, -0.2) is 8.42 Å². The van der Waals surface area contributed by atoms with Crippen molar-refractivity contribution in [3.63, 3.8) is 0 Å². The molecule has 0 amide bonds. The van der Waals surface area contributed by atoms with Gasteiger partial charge in [-0.05, 0) is 24.7 Å². The van der Waals surface area contributed by atoms with Crippen molar-refractivity contribution in [2.24, 2.45) is 11.8 Å². The third-order valence-electron chi connectivity index (χ3n) is 4.99. The molecule has 0 aromatic heterocycles. The molecule has 7 nitrogen and oxygen atoms in total. The first kappa shape index (κ1) is 37.2. The van der Waals surface area contributed by atoms with Crippen molar-refractivity contribution in [1.82, 2.24) is 0 Å². The van der Waals surface area contributed by atoms with Gasteiger partial charge in [-0.1, -0.05) is 66.2 Å². The zero-order valence-electron chi connectivity index (χ0n) is 20.2. The fraction of sp³-hybridized carbons (Fsp3) is 0.900. The van der Waals surface area contributed by atoms with Gasteiger partial charge in [-0.2, -0.15) is 22.2 Å². The van der Waals surface area contributed by atoms with Crippen molar-refractivity contribution in [1.29, 1.82) is 0 Å². The maximum Gasteiger partial charge on any atom is 1.00 e. The number of ether oxygens (including phenoxy) is 2. The van der Waals surface area contributed by atoms with E-state index in [1.807, 2.05) is 13.8 Å². The van der Waals surface area contributed by atoms with Crippen LogP contribution in [-0.4, -0.2) is 51.5 Å². The molecule has 32 heavy (non-hydrogen) atoms. The van der Waals surface area contributed by atoms with Crippen molar-refractivity contribution >= 4 is 52.4 Å². The molecule has 0 heterocycles. The van der Waals surface area contributed by atoms with E-state index in [0.29, 0.717) is 0 Å². The number of hydrogen-bond acceptors (Lipinski definition) is 7. The fourth-order valence-electron chi connectivity index (χ4n) is 2.81. The maximum absolute atomic E-state index is 12.1. The first-order chi connectivity index (χ1) is 14.6. The smallest absolute Gasteiger partial charge is 0.747 e. The van der Waals surface area contributed by atoms with Crippen molar-refractivity contribution in [2.45, 2.75) is 90.7 Å². The number of carbonyl (C=O) groups is 2. The van der Waals surface area contributed by atoms with Gasteiger partial charge in [0.05, 0.1) is 19.6 Å². The third kappa shape index (κ3) is 20.1. The molecular formula is C20H39Cl2NaO7SSi. The molecule has 0 radical (unpaired) electrons. The topological polar surface area (TPSA) is 110 Å². The summed E-state index contributed by atoms with van der Waals surface area (Å²) in [6.07, 6.45) is 6.58. The molecule has 12 heteroatoms. The number of halogens is 2. The number of esters is 2. The summed E-state index contributed by atoms with van der Waals surface area (Å²) < 4.78 is 44.6. The first-order valence-corrected chi connectivity index (χ1v) is 16.7. The SMILES string of the molecule is CCCCC(CC)COC(=O)CC(C(=O)OCC(CC)CCCC)S(=O)(=O)[O-].Cl[SiH2]Cl.[Na+]. The molecule has 0 aliphatic carbocycles. The molecule has 0 fully saturated rings. The van der Waals surface area contributed by atoms with E-state index in [1.165, 1.54) is 0 Å². The summed E-state index contributed by atoms with van der Waals surface area (Å²) >= 11 is 9.81. The summed E-state index contributed by atoms with van der Waals surface area (Å²) in [6, 6.07) is 0. The number of unbranched alkanes of at least 4 members (excludes halogenated alkanes) is 2. The zero-order chi connectivity index (χ0) is 24.3. The van der Waals surface area contributed by atoms with Crippen LogP contribution in [0.1, 0.15) is 85.5 Å². The fourth-order valence-corrected chi connectivity index (χ4v) is 3.46. The monoisotopic (exact) mass is 544 g/mol. The van der Waals surface area contributed by atoms with Crippen LogP contribution in [0.3, 0.4) is 0 Å². The molecule has 0 bridgehead atoms. The Bertz CT molecular complexity index is 582. The van der Waals surface area contributed by atoms with Crippen LogP contribution in [0.4, 0.5) is 0 Å². The van der Waals surface area contributed by atoms with E-state index in [9.17, 15) is 22.6 Å². The van der Waals surface area contributed by atoms with Crippen molar-refractivity contribution in [2.75, 3.05) is 13.2 Å². The number of carbonyl (C=O) groups excluding carboxylic acids is 2. The van der Waals surface area contributed by atoms with E-state index in [0.717, 1.165) is 51.4 Å². The molecule has 0 saturated carbocycles. The van der Waals surface area contributed by atoms with Crippen LogP contribution in [0.25, 0.3) is 0 Å². The summed E-state index contributed by atoms with van der Waals surface area (Å²) in [6.45, 7) is 8.26. The number of hydrogen-bond donors (Lipinski definition) is 0. The molecule has 0 N–H and O–H groups in total. The van der Waals surface area contributed by atoms with E-state index < -0.39 is 41.9 Å². The summed E-state index contributed by atoms with van der Waals surface area (Å²) in [5.41, 5.74) is 0. The third-order valence-corrected chi connectivity index (χ3v) is 6.05. The molecular weight excluding hydrogens is 506 g/mol. The van der Waals surface area contributed by atoms with Gasteiger partial charge < -0.3 is 14.0 Å². The van der Waals surface area contributed by atoms with Gasteiger partial charge >= 0.3 is 41.5 Å². The Hall–Kier alpha value is 0.647. The van der Waals surface area contributed by atoms with Gasteiger partial charge in [-0.15, -0.1) is 0 Å². The minimum atomic E-state index is -5.01. The Morgan fingerprint density at radius 1 is 0.906 bits per heavy atom. The van der Waals surface area contributed by atoms with Crippen LogP contribution in [0.5, 0.6) is 0 Å². The zero-order valence-corrected chi connectivity index (χ0v) is 26.0. The molecule has 0 saturated heterocycles. The Balaban J connectivity index is -0.00000198. The molecule has 3 atom stereocenters. The maximum atomic E-state index is 12.1. The first-order valence-electron chi connectivity index (χ1n) is 11.0. The van der Waals surface area contributed by atoms with E-state index in [-0.39, 0.29) is 54.6 Å². The summed E-state index contributed by atoms with van der Waals surface area (Å²) in [4.78, 5) is 24.1. The molecule has 0 aliphatic heterocycles. The Kier molecular flexibility index (Phi) is 27.2. The standard InChI is InChI=1S/C20H38O7S.Cl2H2Si.Na/c1-5-9-11-16(7-3)14-26-19(21)13-18(28(23,24)25)20(22)27-15-17(8-4)12-10-6-2;1-3-2;/h16-18H,5-15H2,1-4H3,(H,23,24,25);3H2;/q;;+1/p-1. The average molecular weight is 546 g/mol. The van der Waals surface area contributed by atoms with Crippen LogP contribution in [0.15, 0.2) is 0 Å². The van der Waals surface area contributed by atoms with Crippen molar-refractivity contribution in [3.05, 3.63) is 0 Å². The van der Waals surface area contributed by atoms with Gasteiger partial charge in [0.15, 0.2) is 5.25 Å². The van der Waals surface area contributed by atoms with E-state index >= 15 is 0 Å². The van der Waals surface area contributed by atoms with Gasteiger partial charge in [0.25, 0.3) is 0 Å². The van der Waals surface area contributed by atoms with E-state index in [1.54, 1.807) is 0 Å². The minimum absolute atomic E-state index is 0. The minimum Gasteiger partial charge on any atom is -0.747 e. The van der Waals surface area contributed by atoms with Gasteiger partial charge in [0.2, 0.25) is 8.14 Å². The molecule has 186 valence electrons. The largest absolute Gasteiger partial charge is 1.00 e. The quantitative estimate of drug-likeness (QED) is 0.124.